The van der Waals surface area contributed by atoms with E-state index in [0.717, 1.165) is 22.1 Å². The molecule has 4 fully saturated rings. The monoisotopic (exact) mass is 310 g/mol. The van der Waals surface area contributed by atoms with E-state index >= 15 is 0 Å². The molecule has 6 rings (SSSR count). The Morgan fingerprint density at radius 3 is 2.83 bits per heavy atom. The number of rotatable bonds is 2. The van der Waals surface area contributed by atoms with Crippen molar-refractivity contribution in [3.8, 4) is 0 Å². The predicted molar refractivity (Wildman–Crippen MR) is 88.5 cm³/mol. The van der Waals surface area contributed by atoms with Crippen LogP contribution in [0.15, 0.2) is 28.9 Å². The number of nitrogens with one attached hydrogen (secondary N) is 1. The number of hydrogen-bond donors (Lipinski definition) is 1. The molecule has 1 spiro atoms. The lowest BCUT2D eigenvalue weighted by atomic mass is 9.77. The molecule has 23 heavy (non-hydrogen) atoms. The Kier molecular flexibility index (Phi) is 2.72. The van der Waals surface area contributed by atoms with Gasteiger partial charge in [-0.05, 0) is 75.4 Å². The Bertz CT molecular complexity index is 782. The van der Waals surface area contributed by atoms with Gasteiger partial charge in [0.2, 0.25) is 0 Å². The fraction of sp³-hybridized carbons (Fsp3) is 0.526. The van der Waals surface area contributed by atoms with Gasteiger partial charge in [-0.25, -0.2) is 0 Å². The number of fused-ring (bicyclic) bond motifs is 3. The summed E-state index contributed by atoms with van der Waals surface area (Å²) < 4.78 is 5.48. The third-order valence-electron chi connectivity index (χ3n) is 6.30. The van der Waals surface area contributed by atoms with Crippen molar-refractivity contribution in [3.05, 3.63) is 35.6 Å². The smallest absolute Gasteiger partial charge is 0.251 e. The minimum absolute atomic E-state index is 0.0672. The molecule has 1 aromatic carbocycles. The maximum atomic E-state index is 12.8. The van der Waals surface area contributed by atoms with E-state index in [4.69, 9.17) is 4.42 Å². The molecule has 0 radical (unpaired) electrons. The van der Waals surface area contributed by atoms with Crippen LogP contribution in [-0.4, -0.2) is 35.5 Å². The topological polar surface area (TPSA) is 45.5 Å². The van der Waals surface area contributed by atoms with Crippen LogP contribution in [0.2, 0.25) is 0 Å². The van der Waals surface area contributed by atoms with Crippen LogP contribution in [0, 0.1) is 12.8 Å². The number of nitrogens with zero attached hydrogens (tertiary/aromatic N) is 1. The van der Waals surface area contributed by atoms with E-state index in [-0.39, 0.29) is 11.4 Å². The quantitative estimate of drug-likeness (QED) is 0.927. The van der Waals surface area contributed by atoms with Crippen molar-refractivity contribution in [2.45, 2.75) is 44.2 Å². The van der Waals surface area contributed by atoms with Gasteiger partial charge in [0.25, 0.3) is 5.91 Å². The van der Waals surface area contributed by atoms with Crippen LogP contribution in [0.5, 0.6) is 0 Å². The Hall–Kier alpha value is -1.81. The van der Waals surface area contributed by atoms with Crippen LogP contribution in [0.25, 0.3) is 11.0 Å². The Morgan fingerprint density at radius 1 is 1.30 bits per heavy atom. The van der Waals surface area contributed by atoms with Crippen molar-refractivity contribution in [2.24, 2.45) is 5.92 Å². The average molecular weight is 310 g/mol. The van der Waals surface area contributed by atoms with Gasteiger partial charge in [-0.1, -0.05) is 0 Å². The van der Waals surface area contributed by atoms with Crippen molar-refractivity contribution < 1.29 is 9.21 Å². The highest BCUT2D eigenvalue weighted by Crippen LogP contribution is 2.53. The lowest BCUT2D eigenvalue weighted by molar-refractivity contribution is -0.00144. The van der Waals surface area contributed by atoms with Crippen LogP contribution in [0.1, 0.15) is 41.6 Å². The van der Waals surface area contributed by atoms with E-state index in [1.807, 2.05) is 25.1 Å². The molecule has 120 valence electrons. The first-order valence-corrected chi connectivity index (χ1v) is 8.71. The standard InChI is InChI=1S/C19H22N2O2/c1-12-11-23-16-3-2-14(10-15(12)16)18(22)20-17-13-4-8-21(9-5-13)19(17)6-7-19/h2-3,10-11,13,17H,4-9H2,1H3,(H,20,22). The number of piperidine rings is 3. The fourth-order valence-corrected chi connectivity index (χ4v) is 4.84. The van der Waals surface area contributed by atoms with Crippen molar-refractivity contribution in [2.75, 3.05) is 13.1 Å². The van der Waals surface area contributed by atoms with E-state index in [1.54, 1.807) is 6.26 Å². The zero-order chi connectivity index (χ0) is 15.6. The average Bonchev–Trinajstić information content (AvgIpc) is 3.28. The minimum atomic E-state index is 0.0672. The zero-order valence-corrected chi connectivity index (χ0v) is 13.5. The molecule has 4 heteroatoms. The number of furan rings is 1. The SMILES string of the molecule is Cc1coc2ccc(C(=O)NC3C4CCN(CC4)C34CC4)cc12. The molecule has 4 nitrogen and oxygen atoms in total. The fourth-order valence-electron chi connectivity index (χ4n) is 4.84. The highest BCUT2D eigenvalue weighted by molar-refractivity contribution is 5.98. The van der Waals surface area contributed by atoms with E-state index in [2.05, 4.69) is 10.2 Å². The van der Waals surface area contributed by atoms with Gasteiger partial charge in [-0.2, -0.15) is 0 Å². The maximum Gasteiger partial charge on any atom is 0.251 e. The Balaban J connectivity index is 1.43. The van der Waals surface area contributed by atoms with Gasteiger partial charge < -0.3 is 9.73 Å². The summed E-state index contributed by atoms with van der Waals surface area (Å²) in [4.78, 5) is 15.4. The van der Waals surface area contributed by atoms with Crippen molar-refractivity contribution in [1.29, 1.82) is 0 Å². The normalized spacial score (nSPS) is 30.7. The first-order chi connectivity index (χ1) is 11.2. The molecule has 1 aromatic heterocycles. The van der Waals surface area contributed by atoms with Crippen LogP contribution in [0.4, 0.5) is 0 Å². The maximum absolute atomic E-state index is 12.8. The molecule has 1 atom stereocenters. The zero-order valence-electron chi connectivity index (χ0n) is 13.5. The molecule has 4 heterocycles. The number of aryl methyl sites for hydroxylation is 1. The van der Waals surface area contributed by atoms with Gasteiger partial charge in [-0.3, -0.25) is 9.69 Å². The molecule has 3 saturated heterocycles. The molecule has 1 unspecified atom stereocenters. The number of carbonyl (C=O) groups excluding carboxylic acids is 1. The molecular formula is C19H22N2O2. The summed E-state index contributed by atoms with van der Waals surface area (Å²) in [5, 5.41) is 4.42. The van der Waals surface area contributed by atoms with Crippen LogP contribution in [0.3, 0.4) is 0 Å². The first kappa shape index (κ1) is 13.6. The van der Waals surface area contributed by atoms with Crippen molar-refractivity contribution in [1.82, 2.24) is 10.2 Å². The van der Waals surface area contributed by atoms with Gasteiger partial charge >= 0.3 is 0 Å². The third kappa shape index (κ3) is 1.91. The second-order valence-electron chi connectivity index (χ2n) is 7.51. The summed E-state index contributed by atoms with van der Waals surface area (Å²) in [6.45, 7) is 4.45. The van der Waals surface area contributed by atoms with Crippen molar-refractivity contribution >= 4 is 16.9 Å². The molecule has 1 amide bonds. The largest absolute Gasteiger partial charge is 0.464 e. The molecule has 4 aliphatic rings. The van der Waals surface area contributed by atoms with Crippen LogP contribution < -0.4 is 5.32 Å². The van der Waals surface area contributed by atoms with Gasteiger partial charge in [0, 0.05) is 16.5 Å². The third-order valence-corrected chi connectivity index (χ3v) is 6.30. The van der Waals surface area contributed by atoms with Crippen molar-refractivity contribution in [3.63, 3.8) is 0 Å². The number of hydrogen-bond acceptors (Lipinski definition) is 3. The van der Waals surface area contributed by atoms with E-state index in [0.29, 0.717) is 12.0 Å². The minimum Gasteiger partial charge on any atom is -0.464 e. The predicted octanol–water partition coefficient (Wildman–Crippen LogP) is 3.10. The van der Waals surface area contributed by atoms with Gasteiger partial charge in [0.15, 0.2) is 0 Å². The van der Waals surface area contributed by atoms with E-state index in [1.165, 1.54) is 38.8 Å². The molecule has 1 N–H and O–H groups in total. The highest BCUT2D eigenvalue weighted by Gasteiger charge is 2.60. The highest BCUT2D eigenvalue weighted by atomic mass is 16.3. The van der Waals surface area contributed by atoms with Gasteiger partial charge in [0.1, 0.15) is 5.58 Å². The van der Waals surface area contributed by atoms with Crippen LogP contribution in [-0.2, 0) is 0 Å². The molecular weight excluding hydrogens is 288 g/mol. The second-order valence-corrected chi connectivity index (χ2v) is 7.51. The lowest BCUT2D eigenvalue weighted by Crippen LogP contribution is -2.65. The first-order valence-electron chi connectivity index (χ1n) is 8.71. The molecule has 1 aliphatic carbocycles. The molecule has 2 aromatic rings. The molecule has 1 saturated carbocycles. The summed E-state index contributed by atoms with van der Waals surface area (Å²) in [6.07, 6.45) is 6.70. The lowest BCUT2D eigenvalue weighted by Gasteiger charge is -2.52. The number of benzene rings is 1. The summed E-state index contributed by atoms with van der Waals surface area (Å²) in [5.74, 6) is 0.725. The van der Waals surface area contributed by atoms with Gasteiger partial charge in [0.05, 0.1) is 12.3 Å². The van der Waals surface area contributed by atoms with Gasteiger partial charge in [-0.15, -0.1) is 0 Å². The molecule has 2 bridgehead atoms. The summed E-state index contributed by atoms with van der Waals surface area (Å²) in [6, 6.07) is 6.07. The second kappa shape index (κ2) is 4.60. The molecule has 3 aliphatic heterocycles. The summed E-state index contributed by atoms with van der Waals surface area (Å²) >= 11 is 0. The summed E-state index contributed by atoms with van der Waals surface area (Å²) in [5.41, 5.74) is 2.96. The number of carbonyl (C=O) groups is 1. The summed E-state index contributed by atoms with van der Waals surface area (Å²) in [7, 11) is 0. The van der Waals surface area contributed by atoms with E-state index in [9.17, 15) is 4.79 Å². The number of amides is 1. The Labute approximate surface area is 135 Å². The van der Waals surface area contributed by atoms with Crippen LogP contribution >= 0.6 is 0 Å². The Morgan fingerprint density at radius 2 is 2.09 bits per heavy atom. The van der Waals surface area contributed by atoms with E-state index < -0.39 is 0 Å².